The number of hydrogen-bond donors (Lipinski definition) is 1. The first-order chi connectivity index (χ1) is 7.22. The first kappa shape index (κ1) is 10.5. The van der Waals surface area contributed by atoms with Gasteiger partial charge < -0.3 is 10.6 Å². The molecule has 0 aromatic heterocycles. The maximum atomic E-state index is 11.9. The number of terminal acetylenes is 1. The number of carbonyl (C=O) groups is 1. The van der Waals surface area contributed by atoms with Crippen LogP contribution in [0.15, 0.2) is 0 Å². The summed E-state index contributed by atoms with van der Waals surface area (Å²) in [6.07, 6.45) is 9.39. The summed E-state index contributed by atoms with van der Waals surface area (Å²) in [6.45, 7) is 1.81. The SMILES string of the molecule is C#CCC(N)C(=O)N1CC2CCCC2C1. The molecule has 1 amide bonds. The van der Waals surface area contributed by atoms with Gasteiger partial charge in [0.25, 0.3) is 0 Å². The number of carbonyl (C=O) groups excluding carboxylic acids is 1. The molecular weight excluding hydrogens is 188 g/mol. The van der Waals surface area contributed by atoms with Gasteiger partial charge in [-0.05, 0) is 24.7 Å². The molecule has 1 aliphatic carbocycles. The largest absolute Gasteiger partial charge is 0.341 e. The van der Waals surface area contributed by atoms with Gasteiger partial charge in [0.1, 0.15) is 0 Å². The first-order valence-corrected chi connectivity index (χ1v) is 5.70. The van der Waals surface area contributed by atoms with Crippen molar-refractivity contribution in [1.29, 1.82) is 0 Å². The van der Waals surface area contributed by atoms with Crippen molar-refractivity contribution in [3.8, 4) is 12.3 Å². The average Bonchev–Trinajstić information content (AvgIpc) is 2.75. The fourth-order valence-electron chi connectivity index (χ4n) is 2.86. The molecule has 0 aromatic rings. The summed E-state index contributed by atoms with van der Waals surface area (Å²) in [7, 11) is 0. The number of hydrogen-bond acceptors (Lipinski definition) is 2. The van der Waals surface area contributed by atoms with Crippen LogP contribution in [-0.2, 0) is 4.79 Å². The lowest BCUT2D eigenvalue weighted by atomic mass is 10.0. The summed E-state index contributed by atoms with van der Waals surface area (Å²) < 4.78 is 0. The molecule has 3 unspecified atom stereocenters. The summed E-state index contributed by atoms with van der Waals surface area (Å²) in [5, 5.41) is 0. The highest BCUT2D eigenvalue weighted by molar-refractivity contribution is 5.82. The predicted molar refractivity (Wildman–Crippen MR) is 58.8 cm³/mol. The fourth-order valence-corrected chi connectivity index (χ4v) is 2.86. The molecule has 2 fully saturated rings. The third-order valence-electron chi connectivity index (χ3n) is 3.69. The van der Waals surface area contributed by atoms with Crippen LogP contribution in [0.3, 0.4) is 0 Å². The van der Waals surface area contributed by atoms with Crippen molar-refractivity contribution < 1.29 is 4.79 Å². The molecule has 2 N–H and O–H groups in total. The van der Waals surface area contributed by atoms with Crippen LogP contribution in [0.1, 0.15) is 25.7 Å². The molecule has 0 radical (unpaired) electrons. The number of rotatable bonds is 2. The number of fused-ring (bicyclic) bond motifs is 1. The second-order valence-corrected chi connectivity index (χ2v) is 4.71. The van der Waals surface area contributed by atoms with E-state index in [1.807, 2.05) is 4.90 Å². The Morgan fingerprint density at radius 3 is 2.60 bits per heavy atom. The minimum absolute atomic E-state index is 0.0438. The first-order valence-electron chi connectivity index (χ1n) is 5.70. The quantitative estimate of drug-likeness (QED) is 0.672. The van der Waals surface area contributed by atoms with Crippen molar-refractivity contribution in [2.45, 2.75) is 31.7 Å². The van der Waals surface area contributed by atoms with Gasteiger partial charge in [0.2, 0.25) is 5.91 Å². The van der Waals surface area contributed by atoms with Crippen molar-refractivity contribution in [1.82, 2.24) is 4.90 Å². The van der Waals surface area contributed by atoms with E-state index < -0.39 is 6.04 Å². The van der Waals surface area contributed by atoms with Crippen molar-refractivity contribution in [3.05, 3.63) is 0 Å². The van der Waals surface area contributed by atoms with E-state index in [1.165, 1.54) is 19.3 Å². The highest BCUT2D eigenvalue weighted by Crippen LogP contribution is 2.37. The van der Waals surface area contributed by atoms with Crippen molar-refractivity contribution >= 4 is 5.91 Å². The Hall–Kier alpha value is -1.01. The molecule has 1 saturated carbocycles. The summed E-state index contributed by atoms with van der Waals surface area (Å²) in [6, 6.07) is -0.492. The van der Waals surface area contributed by atoms with Crippen LogP contribution in [0, 0.1) is 24.2 Å². The second kappa shape index (κ2) is 4.24. The van der Waals surface area contributed by atoms with E-state index in [1.54, 1.807) is 0 Å². The highest BCUT2D eigenvalue weighted by Gasteiger charge is 2.38. The molecule has 0 bridgehead atoms. The summed E-state index contributed by atoms with van der Waals surface area (Å²) in [5.41, 5.74) is 5.72. The van der Waals surface area contributed by atoms with E-state index in [9.17, 15) is 4.79 Å². The van der Waals surface area contributed by atoms with E-state index >= 15 is 0 Å². The zero-order chi connectivity index (χ0) is 10.8. The van der Waals surface area contributed by atoms with Crippen LogP contribution in [0.5, 0.6) is 0 Å². The van der Waals surface area contributed by atoms with Gasteiger partial charge in [-0.2, -0.15) is 0 Å². The topological polar surface area (TPSA) is 46.3 Å². The summed E-state index contributed by atoms with van der Waals surface area (Å²) >= 11 is 0. The molecule has 3 atom stereocenters. The average molecular weight is 206 g/mol. The lowest BCUT2D eigenvalue weighted by Crippen LogP contribution is -2.42. The van der Waals surface area contributed by atoms with Crippen molar-refractivity contribution in [3.63, 3.8) is 0 Å². The van der Waals surface area contributed by atoms with Crippen LogP contribution in [0.4, 0.5) is 0 Å². The van der Waals surface area contributed by atoms with E-state index in [2.05, 4.69) is 5.92 Å². The van der Waals surface area contributed by atoms with Gasteiger partial charge in [-0.3, -0.25) is 4.79 Å². The Morgan fingerprint density at radius 2 is 2.07 bits per heavy atom. The van der Waals surface area contributed by atoms with E-state index in [0.717, 1.165) is 24.9 Å². The molecule has 2 aliphatic rings. The smallest absolute Gasteiger partial charge is 0.240 e. The van der Waals surface area contributed by atoms with Crippen molar-refractivity contribution in [2.24, 2.45) is 17.6 Å². The number of nitrogens with zero attached hydrogens (tertiary/aromatic N) is 1. The fraction of sp³-hybridized carbons (Fsp3) is 0.750. The van der Waals surface area contributed by atoms with Gasteiger partial charge in [0.15, 0.2) is 0 Å². The molecule has 1 heterocycles. The molecule has 2 rings (SSSR count). The van der Waals surface area contributed by atoms with Gasteiger partial charge in [-0.15, -0.1) is 12.3 Å². The monoisotopic (exact) mass is 206 g/mol. The maximum absolute atomic E-state index is 11.9. The summed E-state index contributed by atoms with van der Waals surface area (Å²) in [5.74, 6) is 3.95. The number of nitrogens with two attached hydrogens (primary N) is 1. The van der Waals surface area contributed by atoms with Crippen LogP contribution < -0.4 is 5.73 Å². The molecule has 1 aliphatic heterocycles. The van der Waals surface area contributed by atoms with Gasteiger partial charge in [0.05, 0.1) is 6.04 Å². The van der Waals surface area contributed by atoms with E-state index in [0.29, 0.717) is 6.42 Å². The minimum Gasteiger partial charge on any atom is -0.341 e. The summed E-state index contributed by atoms with van der Waals surface area (Å²) in [4.78, 5) is 13.8. The molecule has 0 spiro atoms. The number of amides is 1. The third kappa shape index (κ3) is 2.00. The Labute approximate surface area is 91.0 Å². The molecule has 1 saturated heterocycles. The van der Waals surface area contributed by atoms with Crippen LogP contribution in [0.2, 0.25) is 0 Å². The van der Waals surface area contributed by atoms with Crippen LogP contribution >= 0.6 is 0 Å². The second-order valence-electron chi connectivity index (χ2n) is 4.71. The van der Waals surface area contributed by atoms with Gasteiger partial charge >= 0.3 is 0 Å². The Bertz CT molecular complexity index is 282. The zero-order valence-corrected chi connectivity index (χ0v) is 8.98. The predicted octanol–water partition coefficient (Wildman–Crippen LogP) is 0.595. The van der Waals surface area contributed by atoms with E-state index in [-0.39, 0.29) is 5.91 Å². The van der Waals surface area contributed by atoms with E-state index in [4.69, 9.17) is 12.2 Å². The van der Waals surface area contributed by atoms with Gasteiger partial charge in [0, 0.05) is 19.5 Å². The molecule has 15 heavy (non-hydrogen) atoms. The zero-order valence-electron chi connectivity index (χ0n) is 8.98. The highest BCUT2D eigenvalue weighted by atomic mass is 16.2. The van der Waals surface area contributed by atoms with Crippen LogP contribution in [-0.4, -0.2) is 29.9 Å². The van der Waals surface area contributed by atoms with Crippen molar-refractivity contribution in [2.75, 3.05) is 13.1 Å². The molecule has 3 heteroatoms. The third-order valence-corrected chi connectivity index (χ3v) is 3.69. The standard InChI is InChI=1S/C12H18N2O/c1-2-4-11(13)12(15)14-7-9-5-3-6-10(9)8-14/h1,9-11H,3-8,13H2. The molecular formula is C12H18N2O. The maximum Gasteiger partial charge on any atom is 0.240 e. The Morgan fingerprint density at radius 1 is 1.47 bits per heavy atom. The minimum atomic E-state index is -0.492. The Balaban J connectivity index is 1.91. The lowest BCUT2D eigenvalue weighted by molar-refractivity contribution is -0.131. The number of likely N-dealkylation sites (tertiary alicyclic amines) is 1. The lowest BCUT2D eigenvalue weighted by Gasteiger charge is -2.20. The van der Waals surface area contributed by atoms with Gasteiger partial charge in [-0.1, -0.05) is 6.42 Å². The molecule has 3 nitrogen and oxygen atoms in total. The van der Waals surface area contributed by atoms with Gasteiger partial charge in [-0.25, -0.2) is 0 Å². The molecule has 0 aromatic carbocycles. The van der Waals surface area contributed by atoms with Crippen LogP contribution in [0.25, 0.3) is 0 Å². The molecule has 82 valence electrons. The normalized spacial score (nSPS) is 31.1. The Kier molecular flexibility index (Phi) is 2.97.